The number of hydrogen-bond acceptors (Lipinski definition) is 4. The van der Waals surface area contributed by atoms with Crippen LogP contribution in [0.5, 0.6) is 0 Å². The van der Waals surface area contributed by atoms with Crippen LogP contribution in [0.1, 0.15) is 21.9 Å². The molecule has 0 aliphatic rings. The number of rotatable bonds is 4. The Bertz CT molecular complexity index is 673. The number of urea groups is 1. The van der Waals surface area contributed by atoms with Gasteiger partial charge in [0, 0.05) is 11.9 Å². The Morgan fingerprint density at radius 1 is 1.24 bits per heavy atom. The van der Waals surface area contributed by atoms with E-state index in [1.54, 1.807) is 12.1 Å². The molecule has 7 heteroatoms. The Kier molecular flexibility index (Phi) is 4.45. The van der Waals surface area contributed by atoms with Crippen molar-refractivity contribution in [3.8, 4) is 0 Å². The van der Waals surface area contributed by atoms with E-state index < -0.39 is 12.0 Å². The molecule has 0 aliphatic carbocycles. The molecular formula is C14H14N4O3. The monoisotopic (exact) mass is 286 g/mol. The van der Waals surface area contributed by atoms with Crippen LogP contribution in [-0.2, 0) is 6.54 Å². The normalized spacial score (nSPS) is 9.95. The molecule has 0 saturated heterocycles. The molecule has 7 nitrogen and oxygen atoms in total. The van der Waals surface area contributed by atoms with Crippen LogP contribution in [0.25, 0.3) is 0 Å². The number of carbonyl (C=O) groups is 2. The number of carbonyl (C=O) groups excluding carboxylic acids is 1. The van der Waals surface area contributed by atoms with E-state index in [-0.39, 0.29) is 17.9 Å². The molecule has 0 saturated carbocycles. The van der Waals surface area contributed by atoms with E-state index >= 15 is 0 Å². The maximum Gasteiger partial charge on any atom is 0.356 e. The van der Waals surface area contributed by atoms with Crippen LogP contribution in [0.2, 0.25) is 0 Å². The van der Waals surface area contributed by atoms with Gasteiger partial charge in [0.15, 0.2) is 5.69 Å². The fraction of sp³-hybridized carbons (Fsp3) is 0.143. The van der Waals surface area contributed by atoms with Crippen LogP contribution in [0.4, 0.5) is 10.5 Å². The first-order valence-electron chi connectivity index (χ1n) is 6.22. The van der Waals surface area contributed by atoms with Crippen molar-refractivity contribution >= 4 is 17.7 Å². The summed E-state index contributed by atoms with van der Waals surface area (Å²) in [7, 11) is 0. The molecule has 0 atom stereocenters. The third-order valence-electron chi connectivity index (χ3n) is 2.63. The summed E-state index contributed by atoms with van der Waals surface area (Å²) < 4.78 is 0. The molecule has 2 aromatic rings. The largest absolute Gasteiger partial charge is 0.476 e. The van der Waals surface area contributed by atoms with Crippen molar-refractivity contribution in [1.82, 2.24) is 15.3 Å². The summed E-state index contributed by atoms with van der Waals surface area (Å²) in [5, 5.41) is 14.0. The summed E-state index contributed by atoms with van der Waals surface area (Å²) in [5.74, 6) is -1.20. The van der Waals surface area contributed by atoms with E-state index in [1.807, 2.05) is 19.1 Å². The molecule has 21 heavy (non-hydrogen) atoms. The molecule has 2 heterocycles. The number of carboxylic acids is 1. The lowest BCUT2D eigenvalue weighted by molar-refractivity contribution is 0.0691. The molecule has 3 N–H and O–H groups in total. The predicted molar refractivity (Wildman–Crippen MR) is 76.0 cm³/mol. The van der Waals surface area contributed by atoms with Crippen LogP contribution in [0.15, 0.2) is 36.5 Å². The Hall–Kier alpha value is -2.96. The van der Waals surface area contributed by atoms with Gasteiger partial charge >= 0.3 is 12.0 Å². The van der Waals surface area contributed by atoms with Crippen LogP contribution >= 0.6 is 0 Å². The third-order valence-corrected chi connectivity index (χ3v) is 2.63. The van der Waals surface area contributed by atoms with Gasteiger partial charge in [-0.15, -0.1) is 0 Å². The number of aromatic nitrogens is 2. The highest BCUT2D eigenvalue weighted by Crippen LogP contribution is 2.11. The lowest BCUT2D eigenvalue weighted by atomic mass is 10.3. The molecule has 2 aromatic heterocycles. The standard InChI is InChI=1S/C14H14N4O3/c1-9-4-2-5-10(17-9)8-16-14(21)18-11-6-3-7-15-12(11)13(19)20/h2-7H,8H2,1H3,(H,19,20)(H2,16,18,21). The summed E-state index contributed by atoms with van der Waals surface area (Å²) in [6, 6.07) is 8.00. The number of aromatic carboxylic acids is 1. The molecule has 0 fully saturated rings. The smallest absolute Gasteiger partial charge is 0.356 e. The van der Waals surface area contributed by atoms with Gasteiger partial charge < -0.3 is 15.7 Å². The van der Waals surface area contributed by atoms with Crippen molar-refractivity contribution in [3.63, 3.8) is 0 Å². The summed E-state index contributed by atoms with van der Waals surface area (Å²) in [5.41, 5.74) is 1.51. The zero-order chi connectivity index (χ0) is 15.2. The minimum atomic E-state index is -1.20. The van der Waals surface area contributed by atoms with Gasteiger partial charge in [-0.1, -0.05) is 6.07 Å². The average Bonchev–Trinajstić information content (AvgIpc) is 2.45. The van der Waals surface area contributed by atoms with Gasteiger partial charge in [-0.05, 0) is 31.2 Å². The number of pyridine rings is 2. The Morgan fingerprint density at radius 2 is 2.05 bits per heavy atom. The number of nitrogens with zero attached hydrogens (tertiary/aromatic N) is 2. The molecular weight excluding hydrogens is 272 g/mol. The van der Waals surface area contributed by atoms with Gasteiger partial charge in [-0.3, -0.25) is 4.98 Å². The van der Waals surface area contributed by atoms with Crippen molar-refractivity contribution < 1.29 is 14.7 Å². The highest BCUT2D eigenvalue weighted by molar-refractivity contribution is 5.98. The van der Waals surface area contributed by atoms with Crippen molar-refractivity contribution in [2.45, 2.75) is 13.5 Å². The van der Waals surface area contributed by atoms with Crippen LogP contribution in [0, 0.1) is 6.92 Å². The minimum absolute atomic E-state index is 0.139. The topological polar surface area (TPSA) is 104 Å². The number of nitrogens with one attached hydrogen (secondary N) is 2. The van der Waals surface area contributed by atoms with Crippen LogP contribution in [0.3, 0.4) is 0 Å². The van der Waals surface area contributed by atoms with E-state index in [0.29, 0.717) is 0 Å². The van der Waals surface area contributed by atoms with Gasteiger partial charge in [0.2, 0.25) is 0 Å². The Morgan fingerprint density at radius 3 is 2.76 bits per heavy atom. The van der Waals surface area contributed by atoms with Crippen molar-refractivity contribution in [1.29, 1.82) is 0 Å². The van der Waals surface area contributed by atoms with Crippen molar-refractivity contribution in [2.75, 3.05) is 5.32 Å². The fourth-order valence-corrected chi connectivity index (χ4v) is 1.71. The maximum absolute atomic E-state index is 11.8. The number of hydrogen-bond donors (Lipinski definition) is 3. The van der Waals surface area contributed by atoms with Gasteiger partial charge in [-0.25, -0.2) is 14.6 Å². The van der Waals surface area contributed by atoms with E-state index in [4.69, 9.17) is 5.11 Å². The highest BCUT2D eigenvalue weighted by atomic mass is 16.4. The molecule has 0 bridgehead atoms. The number of carboxylic acid groups (broad SMARTS) is 1. The zero-order valence-corrected chi connectivity index (χ0v) is 11.3. The van der Waals surface area contributed by atoms with E-state index in [0.717, 1.165) is 11.4 Å². The molecule has 2 amide bonds. The van der Waals surface area contributed by atoms with Crippen molar-refractivity contribution in [3.05, 3.63) is 53.6 Å². The zero-order valence-electron chi connectivity index (χ0n) is 11.3. The van der Waals surface area contributed by atoms with Gasteiger partial charge in [0.1, 0.15) is 0 Å². The molecule has 0 unspecified atom stereocenters. The molecule has 0 spiro atoms. The first-order valence-corrected chi connectivity index (χ1v) is 6.22. The number of anilines is 1. The molecule has 108 valence electrons. The van der Waals surface area contributed by atoms with E-state index in [2.05, 4.69) is 20.6 Å². The third kappa shape index (κ3) is 4.00. The summed E-state index contributed by atoms with van der Waals surface area (Å²) >= 11 is 0. The number of aryl methyl sites for hydroxylation is 1. The molecule has 0 radical (unpaired) electrons. The SMILES string of the molecule is Cc1cccc(CNC(=O)Nc2cccnc2C(=O)O)n1. The average molecular weight is 286 g/mol. The summed E-state index contributed by atoms with van der Waals surface area (Å²) in [4.78, 5) is 30.7. The minimum Gasteiger partial charge on any atom is -0.476 e. The first kappa shape index (κ1) is 14.4. The first-order chi connectivity index (χ1) is 10.1. The summed E-state index contributed by atoms with van der Waals surface area (Å²) in [6.07, 6.45) is 1.35. The van der Waals surface area contributed by atoms with Crippen molar-refractivity contribution in [2.24, 2.45) is 0 Å². The molecule has 0 aliphatic heterocycles. The number of amides is 2. The second-order valence-corrected chi connectivity index (χ2v) is 4.28. The van der Waals surface area contributed by atoms with E-state index in [9.17, 15) is 9.59 Å². The van der Waals surface area contributed by atoms with Crippen LogP contribution < -0.4 is 10.6 Å². The highest BCUT2D eigenvalue weighted by Gasteiger charge is 2.13. The lowest BCUT2D eigenvalue weighted by Gasteiger charge is -2.09. The maximum atomic E-state index is 11.8. The van der Waals surface area contributed by atoms with Crippen LogP contribution in [-0.4, -0.2) is 27.1 Å². The predicted octanol–water partition coefficient (Wildman–Crippen LogP) is 1.80. The van der Waals surface area contributed by atoms with Gasteiger partial charge in [0.05, 0.1) is 17.9 Å². The Labute approximate surface area is 121 Å². The summed E-state index contributed by atoms with van der Waals surface area (Å²) in [6.45, 7) is 2.11. The molecule has 2 rings (SSSR count). The lowest BCUT2D eigenvalue weighted by Crippen LogP contribution is -2.29. The second-order valence-electron chi connectivity index (χ2n) is 4.28. The molecule has 0 aromatic carbocycles. The quantitative estimate of drug-likeness (QED) is 0.795. The Balaban J connectivity index is 1.98. The van der Waals surface area contributed by atoms with E-state index in [1.165, 1.54) is 12.3 Å². The second kappa shape index (κ2) is 6.47. The fourth-order valence-electron chi connectivity index (χ4n) is 1.71. The van der Waals surface area contributed by atoms with Gasteiger partial charge in [-0.2, -0.15) is 0 Å². The van der Waals surface area contributed by atoms with Gasteiger partial charge in [0.25, 0.3) is 0 Å².